The lowest BCUT2D eigenvalue weighted by atomic mass is 10.2. The van der Waals surface area contributed by atoms with Gasteiger partial charge in [-0.15, -0.1) is 0 Å². The first-order valence-corrected chi connectivity index (χ1v) is 6.00. The van der Waals surface area contributed by atoms with Crippen LogP contribution in [0.25, 0.3) is 0 Å². The van der Waals surface area contributed by atoms with Crippen LogP contribution in [0.15, 0.2) is 35.1 Å². The van der Waals surface area contributed by atoms with Gasteiger partial charge >= 0.3 is 0 Å². The number of aliphatic hydroxyl groups is 1. The molecule has 2 aromatic rings. The van der Waals surface area contributed by atoms with E-state index in [4.69, 9.17) is 0 Å². The molecule has 1 aromatic heterocycles. The lowest BCUT2D eigenvalue weighted by Crippen LogP contribution is -2.01. The summed E-state index contributed by atoms with van der Waals surface area (Å²) >= 11 is 3.37. The highest BCUT2D eigenvalue weighted by atomic mass is 79.9. The lowest BCUT2D eigenvalue weighted by Gasteiger charge is -2.05. The molecule has 1 atom stereocenters. The van der Waals surface area contributed by atoms with Crippen LogP contribution in [0.2, 0.25) is 0 Å². The minimum absolute atomic E-state index is 0.272. The predicted molar refractivity (Wildman–Crippen MR) is 66.1 cm³/mol. The van der Waals surface area contributed by atoms with Gasteiger partial charge in [0.2, 0.25) is 0 Å². The number of halogens is 2. The van der Waals surface area contributed by atoms with Crippen molar-refractivity contribution < 1.29 is 9.50 Å². The topological polar surface area (TPSA) is 38.1 Å². The van der Waals surface area contributed by atoms with Crippen LogP contribution in [-0.2, 0) is 6.54 Å². The van der Waals surface area contributed by atoms with E-state index in [9.17, 15) is 9.50 Å². The average Bonchev–Trinajstić information content (AvgIpc) is 2.72. The normalized spacial score (nSPS) is 12.7. The summed E-state index contributed by atoms with van der Waals surface area (Å²) in [4.78, 5) is 0. The Labute approximate surface area is 107 Å². The van der Waals surface area contributed by atoms with Gasteiger partial charge in [0.25, 0.3) is 0 Å². The Hall–Kier alpha value is -1.20. The first-order chi connectivity index (χ1) is 8.06. The molecule has 0 spiro atoms. The van der Waals surface area contributed by atoms with Crippen molar-refractivity contribution in [1.29, 1.82) is 0 Å². The summed E-state index contributed by atoms with van der Waals surface area (Å²) < 4.78 is 15.6. The zero-order valence-corrected chi connectivity index (χ0v) is 10.9. The van der Waals surface area contributed by atoms with Crippen LogP contribution in [0.1, 0.15) is 24.2 Å². The van der Waals surface area contributed by atoms with Crippen LogP contribution in [0, 0.1) is 5.82 Å². The molecule has 1 heterocycles. The zero-order valence-electron chi connectivity index (χ0n) is 9.27. The molecule has 0 aliphatic rings. The van der Waals surface area contributed by atoms with Crippen LogP contribution in [0.3, 0.4) is 0 Å². The number of benzene rings is 1. The van der Waals surface area contributed by atoms with E-state index in [0.29, 0.717) is 6.54 Å². The highest BCUT2D eigenvalue weighted by molar-refractivity contribution is 9.10. The fraction of sp³-hybridized carbons (Fsp3) is 0.250. The number of hydrogen-bond donors (Lipinski definition) is 1. The second-order valence-corrected chi connectivity index (χ2v) is 4.74. The Bertz CT molecular complexity index is 525. The molecule has 17 heavy (non-hydrogen) atoms. The van der Waals surface area contributed by atoms with Crippen molar-refractivity contribution in [3.05, 3.63) is 52.0 Å². The molecule has 2 rings (SSSR count). The van der Waals surface area contributed by atoms with Crippen LogP contribution in [0.5, 0.6) is 0 Å². The van der Waals surface area contributed by atoms with Gasteiger partial charge in [-0.05, 0) is 30.7 Å². The lowest BCUT2D eigenvalue weighted by molar-refractivity contribution is 0.199. The highest BCUT2D eigenvalue weighted by Gasteiger charge is 2.07. The molecule has 0 aliphatic heterocycles. The summed E-state index contributed by atoms with van der Waals surface area (Å²) in [5, 5.41) is 13.5. The summed E-state index contributed by atoms with van der Waals surface area (Å²) in [5.41, 5.74) is 1.56. The van der Waals surface area contributed by atoms with Crippen molar-refractivity contribution in [2.24, 2.45) is 0 Å². The largest absolute Gasteiger partial charge is 0.389 e. The summed E-state index contributed by atoms with van der Waals surface area (Å²) in [6.45, 7) is 2.14. The first-order valence-electron chi connectivity index (χ1n) is 5.20. The van der Waals surface area contributed by atoms with Crippen molar-refractivity contribution in [3.8, 4) is 0 Å². The maximum Gasteiger partial charge on any atom is 0.123 e. The molecule has 0 fully saturated rings. The van der Waals surface area contributed by atoms with Gasteiger partial charge in [-0.1, -0.05) is 15.9 Å². The Kier molecular flexibility index (Phi) is 3.59. The van der Waals surface area contributed by atoms with E-state index >= 15 is 0 Å². The molecule has 1 N–H and O–H groups in total. The van der Waals surface area contributed by atoms with E-state index < -0.39 is 6.10 Å². The van der Waals surface area contributed by atoms with Crippen molar-refractivity contribution in [2.45, 2.75) is 19.6 Å². The van der Waals surface area contributed by atoms with E-state index in [2.05, 4.69) is 21.0 Å². The third-order valence-corrected chi connectivity index (χ3v) is 3.25. The molecule has 1 aromatic carbocycles. The average molecular weight is 299 g/mol. The Morgan fingerprint density at radius 2 is 2.29 bits per heavy atom. The van der Waals surface area contributed by atoms with Gasteiger partial charge in [-0.2, -0.15) is 5.10 Å². The number of aliphatic hydroxyl groups excluding tert-OH is 1. The molecule has 0 amide bonds. The first kappa shape index (κ1) is 12.3. The standard InChI is InChI=1S/C12H12BrFN2O/c1-8(17)10-5-15-16(7-10)6-9-4-11(14)2-3-12(9)13/h2-5,7-8,17H,6H2,1H3. The molecule has 0 saturated heterocycles. The van der Waals surface area contributed by atoms with Gasteiger partial charge in [0, 0.05) is 16.2 Å². The molecular formula is C12H12BrFN2O. The van der Waals surface area contributed by atoms with Gasteiger partial charge < -0.3 is 5.11 Å². The van der Waals surface area contributed by atoms with Crippen molar-refractivity contribution in [3.63, 3.8) is 0 Å². The summed E-state index contributed by atoms with van der Waals surface area (Å²) in [6, 6.07) is 4.54. The fourth-order valence-corrected chi connectivity index (χ4v) is 1.89. The molecule has 1 unspecified atom stereocenters. The minimum Gasteiger partial charge on any atom is -0.389 e. The number of aromatic nitrogens is 2. The Morgan fingerprint density at radius 1 is 1.53 bits per heavy atom. The van der Waals surface area contributed by atoms with Gasteiger partial charge in [-0.25, -0.2) is 4.39 Å². The SMILES string of the molecule is CC(O)c1cnn(Cc2cc(F)ccc2Br)c1. The molecule has 90 valence electrons. The predicted octanol–water partition coefficient (Wildman–Crippen LogP) is 2.89. The van der Waals surface area contributed by atoms with E-state index in [1.807, 2.05) is 0 Å². The van der Waals surface area contributed by atoms with Crippen molar-refractivity contribution in [2.75, 3.05) is 0 Å². The quantitative estimate of drug-likeness (QED) is 0.946. The second kappa shape index (κ2) is 4.98. The minimum atomic E-state index is -0.542. The molecule has 0 saturated carbocycles. The fourth-order valence-electron chi connectivity index (χ4n) is 1.52. The summed E-state index contributed by atoms with van der Waals surface area (Å²) in [5.74, 6) is -0.272. The van der Waals surface area contributed by atoms with Crippen molar-refractivity contribution >= 4 is 15.9 Å². The Balaban J connectivity index is 2.22. The summed E-state index contributed by atoms with van der Waals surface area (Å²) in [7, 11) is 0. The van der Waals surface area contributed by atoms with Crippen LogP contribution < -0.4 is 0 Å². The molecule has 0 bridgehead atoms. The Morgan fingerprint density at radius 3 is 2.94 bits per heavy atom. The van der Waals surface area contributed by atoms with Crippen molar-refractivity contribution in [1.82, 2.24) is 9.78 Å². The number of hydrogen-bond acceptors (Lipinski definition) is 2. The van der Waals surface area contributed by atoms with Crippen LogP contribution in [-0.4, -0.2) is 14.9 Å². The van der Waals surface area contributed by atoms with E-state index in [1.165, 1.54) is 12.1 Å². The van der Waals surface area contributed by atoms with E-state index in [0.717, 1.165) is 15.6 Å². The second-order valence-electron chi connectivity index (χ2n) is 3.88. The molecule has 5 heteroatoms. The molecule has 3 nitrogen and oxygen atoms in total. The van der Waals surface area contributed by atoms with Crippen LogP contribution >= 0.6 is 15.9 Å². The molecule has 0 radical (unpaired) electrons. The third-order valence-electron chi connectivity index (χ3n) is 2.48. The number of nitrogens with zero attached hydrogens (tertiary/aromatic N) is 2. The molecule has 0 aliphatic carbocycles. The monoisotopic (exact) mass is 298 g/mol. The van der Waals surface area contributed by atoms with Gasteiger partial charge in [0.15, 0.2) is 0 Å². The molecular weight excluding hydrogens is 287 g/mol. The maximum absolute atomic E-state index is 13.1. The van der Waals surface area contributed by atoms with E-state index in [1.54, 1.807) is 30.1 Å². The third kappa shape index (κ3) is 2.92. The van der Waals surface area contributed by atoms with Crippen LogP contribution in [0.4, 0.5) is 4.39 Å². The highest BCUT2D eigenvalue weighted by Crippen LogP contribution is 2.19. The van der Waals surface area contributed by atoms with Gasteiger partial charge in [0.05, 0.1) is 18.8 Å². The van der Waals surface area contributed by atoms with E-state index in [-0.39, 0.29) is 5.82 Å². The zero-order chi connectivity index (χ0) is 12.4. The smallest absolute Gasteiger partial charge is 0.123 e. The number of rotatable bonds is 3. The van der Waals surface area contributed by atoms with Gasteiger partial charge in [-0.3, -0.25) is 4.68 Å². The maximum atomic E-state index is 13.1. The van der Waals surface area contributed by atoms with Gasteiger partial charge in [0.1, 0.15) is 5.82 Å². The summed E-state index contributed by atoms with van der Waals surface area (Å²) in [6.07, 6.45) is 2.82.